The standard InChI is InChI=1S/C13H11NO3/c1-16-13(15)10-3-2-4-12(9-10)17-11-5-7-14-8-6-11/h2-9H,1H3. The summed E-state index contributed by atoms with van der Waals surface area (Å²) in [5.41, 5.74) is 0.457. The molecule has 4 heteroatoms. The summed E-state index contributed by atoms with van der Waals surface area (Å²) in [6.07, 6.45) is 3.28. The molecule has 0 N–H and O–H groups in total. The van der Waals surface area contributed by atoms with E-state index in [0.717, 1.165) is 0 Å². The van der Waals surface area contributed by atoms with Crippen LogP contribution in [-0.2, 0) is 4.74 Å². The molecule has 0 atom stereocenters. The largest absolute Gasteiger partial charge is 0.465 e. The highest BCUT2D eigenvalue weighted by molar-refractivity contribution is 5.89. The number of hydrogen-bond acceptors (Lipinski definition) is 4. The number of pyridine rings is 1. The molecule has 0 aliphatic heterocycles. The van der Waals surface area contributed by atoms with Crippen LogP contribution < -0.4 is 4.74 Å². The van der Waals surface area contributed by atoms with E-state index in [-0.39, 0.29) is 5.97 Å². The molecule has 86 valence electrons. The van der Waals surface area contributed by atoms with E-state index in [1.165, 1.54) is 7.11 Å². The van der Waals surface area contributed by atoms with Crippen LogP contribution in [0.5, 0.6) is 11.5 Å². The number of nitrogens with zero attached hydrogens (tertiary/aromatic N) is 1. The molecular formula is C13H11NO3. The number of hydrogen-bond donors (Lipinski definition) is 0. The van der Waals surface area contributed by atoms with Crippen LogP contribution >= 0.6 is 0 Å². The second-order valence-corrected chi connectivity index (χ2v) is 3.30. The van der Waals surface area contributed by atoms with E-state index in [9.17, 15) is 4.79 Å². The van der Waals surface area contributed by atoms with E-state index < -0.39 is 0 Å². The van der Waals surface area contributed by atoms with Crippen LogP contribution in [0.25, 0.3) is 0 Å². The topological polar surface area (TPSA) is 48.4 Å². The average Bonchev–Trinajstić information content (AvgIpc) is 2.39. The van der Waals surface area contributed by atoms with E-state index >= 15 is 0 Å². The number of rotatable bonds is 3. The number of aromatic nitrogens is 1. The van der Waals surface area contributed by atoms with Gasteiger partial charge < -0.3 is 9.47 Å². The Kier molecular flexibility index (Phi) is 3.35. The van der Waals surface area contributed by atoms with Gasteiger partial charge in [0.1, 0.15) is 11.5 Å². The molecule has 2 rings (SSSR count). The zero-order valence-electron chi connectivity index (χ0n) is 9.29. The number of carbonyl (C=O) groups is 1. The molecule has 0 amide bonds. The number of benzene rings is 1. The van der Waals surface area contributed by atoms with Crippen molar-refractivity contribution >= 4 is 5.97 Å². The van der Waals surface area contributed by atoms with E-state index in [2.05, 4.69) is 9.72 Å². The maximum Gasteiger partial charge on any atom is 0.337 e. The molecule has 0 radical (unpaired) electrons. The Labute approximate surface area is 98.8 Å². The van der Waals surface area contributed by atoms with Gasteiger partial charge in [0.05, 0.1) is 12.7 Å². The first-order valence-electron chi connectivity index (χ1n) is 5.06. The normalized spacial score (nSPS) is 9.71. The summed E-state index contributed by atoms with van der Waals surface area (Å²) >= 11 is 0. The molecular weight excluding hydrogens is 218 g/mol. The highest BCUT2D eigenvalue weighted by Crippen LogP contribution is 2.21. The minimum Gasteiger partial charge on any atom is -0.465 e. The van der Waals surface area contributed by atoms with Crippen molar-refractivity contribution in [2.45, 2.75) is 0 Å². The summed E-state index contributed by atoms with van der Waals surface area (Å²) in [6.45, 7) is 0. The maximum atomic E-state index is 11.3. The fourth-order valence-corrected chi connectivity index (χ4v) is 1.35. The minimum atomic E-state index is -0.384. The zero-order chi connectivity index (χ0) is 12.1. The number of ether oxygens (including phenoxy) is 2. The predicted octanol–water partition coefficient (Wildman–Crippen LogP) is 2.66. The van der Waals surface area contributed by atoms with Gasteiger partial charge in [-0.1, -0.05) is 6.07 Å². The van der Waals surface area contributed by atoms with Gasteiger partial charge >= 0.3 is 5.97 Å². The fraction of sp³-hybridized carbons (Fsp3) is 0.0769. The maximum absolute atomic E-state index is 11.3. The highest BCUT2D eigenvalue weighted by atomic mass is 16.5. The van der Waals surface area contributed by atoms with Gasteiger partial charge in [0.15, 0.2) is 0 Å². The predicted molar refractivity (Wildman–Crippen MR) is 62.1 cm³/mol. The third-order valence-electron chi connectivity index (χ3n) is 2.14. The fourth-order valence-electron chi connectivity index (χ4n) is 1.35. The molecule has 2 aromatic rings. The molecule has 1 heterocycles. The summed E-state index contributed by atoms with van der Waals surface area (Å²) in [6, 6.07) is 10.3. The molecule has 0 aliphatic carbocycles. The van der Waals surface area contributed by atoms with E-state index in [1.54, 1.807) is 48.8 Å². The third kappa shape index (κ3) is 2.81. The molecule has 0 fully saturated rings. The van der Waals surface area contributed by atoms with Gasteiger partial charge in [0.25, 0.3) is 0 Å². The monoisotopic (exact) mass is 229 g/mol. The van der Waals surface area contributed by atoms with Crippen molar-refractivity contribution in [3.05, 3.63) is 54.4 Å². The zero-order valence-corrected chi connectivity index (χ0v) is 9.29. The second-order valence-electron chi connectivity index (χ2n) is 3.30. The van der Waals surface area contributed by atoms with Gasteiger partial charge in [0, 0.05) is 12.4 Å². The number of esters is 1. The third-order valence-corrected chi connectivity index (χ3v) is 2.14. The molecule has 0 bridgehead atoms. The van der Waals surface area contributed by atoms with Crippen LogP contribution in [0.2, 0.25) is 0 Å². The van der Waals surface area contributed by atoms with Crippen LogP contribution in [-0.4, -0.2) is 18.1 Å². The first-order valence-corrected chi connectivity index (χ1v) is 5.06. The average molecular weight is 229 g/mol. The molecule has 1 aromatic carbocycles. The molecule has 0 saturated heterocycles. The van der Waals surface area contributed by atoms with Gasteiger partial charge in [-0.15, -0.1) is 0 Å². The van der Waals surface area contributed by atoms with Crippen molar-refractivity contribution < 1.29 is 14.3 Å². The van der Waals surface area contributed by atoms with Gasteiger partial charge in [-0.05, 0) is 30.3 Å². The van der Waals surface area contributed by atoms with Crippen molar-refractivity contribution in [1.29, 1.82) is 0 Å². The van der Waals surface area contributed by atoms with E-state index in [1.807, 2.05) is 0 Å². The number of methoxy groups -OCH3 is 1. The number of carbonyl (C=O) groups excluding carboxylic acids is 1. The minimum absolute atomic E-state index is 0.384. The van der Waals surface area contributed by atoms with Gasteiger partial charge in [-0.3, -0.25) is 4.98 Å². The molecule has 4 nitrogen and oxygen atoms in total. The summed E-state index contributed by atoms with van der Waals surface area (Å²) in [7, 11) is 1.35. The quantitative estimate of drug-likeness (QED) is 0.759. The van der Waals surface area contributed by atoms with Gasteiger partial charge in [-0.25, -0.2) is 4.79 Å². The van der Waals surface area contributed by atoms with Crippen LogP contribution in [0.3, 0.4) is 0 Å². The lowest BCUT2D eigenvalue weighted by molar-refractivity contribution is 0.0600. The Morgan fingerprint density at radius 3 is 2.59 bits per heavy atom. The summed E-state index contributed by atoms with van der Waals surface area (Å²) < 4.78 is 10.2. The first-order chi connectivity index (χ1) is 8.29. The Morgan fingerprint density at radius 2 is 1.88 bits per heavy atom. The smallest absolute Gasteiger partial charge is 0.337 e. The second kappa shape index (κ2) is 5.12. The summed E-state index contributed by atoms with van der Waals surface area (Å²) in [5, 5.41) is 0. The molecule has 0 spiro atoms. The SMILES string of the molecule is COC(=O)c1cccc(Oc2ccncc2)c1. The lowest BCUT2D eigenvalue weighted by Gasteiger charge is -2.06. The highest BCUT2D eigenvalue weighted by Gasteiger charge is 2.06. The Hall–Kier alpha value is -2.36. The van der Waals surface area contributed by atoms with Crippen molar-refractivity contribution in [3.63, 3.8) is 0 Å². The van der Waals surface area contributed by atoms with Crippen molar-refractivity contribution in [2.24, 2.45) is 0 Å². The summed E-state index contributed by atoms with van der Waals surface area (Å²) in [5.74, 6) is 0.867. The Balaban J connectivity index is 2.20. The molecule has 1 aromatic heterocycles. The Bertz CT molecular complexity index is 511. The van der Waals surface area contributed by atoms with Crippen LogP contribution in [0, 0.1) is 0 Å². The van der Waals surface area contributed by atoms with Crippen LogP contribution in [0.4, 0.5) is 0 Å². The Morgan fingerprint density at radius 1 is 1.12 bits per heavy atom. The van der Waals surface area contributed by atoms with Gasteiger partial charge in [0.2, 0.25) is 0 Å². The van der Waals surface area contributed by atoms with Crippen molar-refractivity contribution in [3.8, 4) is 11.5 Å². The lowest BCUT2D eigenvalue weighted by atomic mass is 10.2. The van der Waals surface area contributed by atoms with Crippen LogP contribution in [0.15, 0.2) is 48.8 Å². The van der Waals surface area contributed by atoms with Gasteiger partial charge in [-0.2, -0.15) is 0 Å². The van der Waals surface area contributed by atoms with E-state index in [4.69, 9.17) is 4.74 Å². The molecule has 17 heavy (non-hydrogen) atoms. The molecule has 0 unspecified atom stereocenters. The molecule has 0 saturated carbocycles. The lowest BCUT2D eigenvalue weighted by Crippen LogP contribution is -2.00. The first kappa shape index (κ1) is 11.1. The molecule has 0 aliphatic rings. The van der Waals surface area contributed by atoms with Crippen molar-refractivity contribution in [2.75, 3.05) is 7.11 Å². The van der Waals surface area contributed by atoms with E-state index in [0.29, 0.717) is 17.1 Å². The van der Waals surface area contributed by atoms with Crippen LogP contribution in [0.1, 0.15) is 10.4 Å². The van der Waals surface area contributed by atoms with Crippen molar-refractivity contribution in [1.82, 2.24) is 4.98 Å². The summed E-state index contributed by atoms with van der Waals surface area (Å²) in [4.78, 5) is 15.2.